The lowest BCUT2D eigenvalue weighted by Crippen LogP contribution is -2.64. The number of benzene rings is 2. The number of allylic oxidation sites excluding steroid dienone is 1. The molecule has 1 amide bonds. The summed E-state index contributed by atoms with van der Waals surface area (Å²) in [6.45, 7) is 7.83. The van der Waals surface area contributed by atoms with Crippen LogP contribution in [0.15, 0.2) is 60.1 Å². The topological polar surface area (TPSA) is 32.7 Å². The number of carbonyl (C=O) groups is 1. The minimum absolute atomic E-state index is 0.170. The van der Waals surface area contributed by atoms with Crippen molar-refractivity contribution in [2.24, 2.45) is 16.3 Å². The van der Waals surface area contributed by atoms with E-state index in [0.29, 0.717) is 19.0 Å². The summed E-state index contributed by atoms with van der Waals surface area (Å²) in [7, 11) is 1.86. The Hall–Kier alpha value is -2.75. The number of aryl methyl sites for hydroxylation is 1. The van der Waals surface area contributed by atoms with Gasteiger partial charge in [0.2, 0.25) is 0 Å². The van der Waals surface area contributed by atoms with Gasteiger partial charge in [-0.1, -0.05) is 43.0 Å². The molecule has 1 spiro atoms. The highest BCUT2D eigenvalue weighted by Gasteiger charge is 2.54. The third-order valence-electron chi connectivity index (χ3n) is 6.48. The molecule has 150 valence electrons. The van der Waals surface area contributed by atoms with Gasteiger partial charge in [0, 0.05) is 37.7 Å². The fourth-order valence-electron chi connectivity index (χ4n) is 4.88. The van der Waals surface area contributed by atoms with Crippen molar-refractivity contribution < 1.29 is 9.18 Å². The number of aliphatic imine (C=N–C) groups is 1. The number of hydrogen-bond acceptors (Lipinski definition) is 2. The number of likely N-dealkylation sites (tertiary alicyclic amines) is 1. The number of rotatable bonds is 5. The molecule has 2 fully saturated rings. The van der Waals surface area contributed by atoms with E-state index in [2.05, 4.69) is 30.6 Å². The normalized spacial score (nSPS) is 18.3. The molecule has 0 radical (unpaired) electrons. The number of amides is 1. The first-order chi connectivity index (χ1) is 13.9. The summed E-state index contributed by atoms with van der Waals surface area (Å²) >= 11 is 0. The maximum absolute atomic E-state index is 13.9. The fraction of sp³-hybridized carbons (Fsp3) is 0.360. The number of halogens is 1. The Labute approximate surface area is 172 Å². The van der Waals surface area contributed by atoms with Gasteiger partial charge in [-0.25, -0.2) is 4.39 Å². The molecule has 29 heavy (non-hydrogen) atoms. The molecular formula is C25H27FN2O. The quantitative estimate of drug-likeness (QED) is 0.649. The van der Waals surface area contributed by atoms with E-state index >= 15 is 0 Å². The summed E-state index contributed by atoms with van der Waals surface area (Å²) < 4.78 is 13.9. The van der Waals surface area contributed by atoms with Gasteiger partial charge in [0.15, 0.2) is 0 Å². The zero-order chi connectivity index (χ0) is 20.6. The van der Waals surface area contributed by atoms with Crippen molar-refractivity contribution in [2.45, 2.75) is 26.2 Å². The van der Waals surface area contributed by atoms with Gasteiger partial charge in [0.25, 0.3) is 5.91 Å². The first-order valence-electron chi connectivity index (χ1n) is 10.2. The Bertz CT molecular complexity index is 980. The second-order valence-electron chi connectivity index (χ2n) is 8.56. The largest absolute Gasteiger partial charge is 0.337 e. The van der Waals surface area contributed by atoms with Crippen LogP contribution in [0.4, 0.5) is 4.39 Å². The second kappa shape index (κ2) is 7.58. The van der Waals surface area contributed by atoms with Crippen LogP contribution in [-0.4, -0.2) is 36.7 Å². The van der Waals surface area contributed by atoms with Crippen molar-refractivity contribution >= 4 is 17.2 Å². The van der Waals surface area contributed by atoms with E-state index in [1.807, 2.05) is 19.2 Å². The van der Waals surface area contributed by atoms with Crippen molar-refractivity contribution in [1.82, 2.24) is 4.90 Å². The molecule has 1 saturated carbocycles. The molecule has 3 nitrogen and oxygen atoms in total. The number of nitrogens with zero attached hydrogens (tertiary/aromatic N) is 2. The highest BCUT2D eigenvalue weighted by atomic mass is 19.1. The Morgan fingerprint density at radius 1 is 1.14 bits per heavy atom. The second-order valence-corrected chi connectivity index (χ2v) is 8.56. The standard InChI is InChI=1S/C25H27FN2O/c1-17-8-4-5-9-20(17)18(2)12-23(27-3)19-13-25(14-19)15-28(16-25)24(29)21-10-6-7-11-22(21)26/h4-11,19H,2,12-16H2,1,3H3. The lowest BCUT2D eigenvalue weighted by molar-refractivity contribution is -0.0593. The smallest absolute Gasteiger partial charge is 0.256 e. The predicted molar refractivity (Wildman–Crippen MR) is 116 cm³/mol. The highest BCUT2D eigenvalue weighted by Crippen LogP contribution is 2.53. The number of carbonyl (C=O) groups excluding carboxylic acids is 1. The summed E-state index contributed by atoms with van der Waals surface area (Å²) in [5, 5.41) is 0. The van der Waals surface area contributed by atoms with Gasteiger partial charge in [-0.05, 0) is 54.5 Å². The van der Waals surface area contributed by atoms with Gasteiger partial charge < -0.3 is 4.90 Å². The van der Waals surface area contributed by atoms with Crippen LogP contribution in [0.3, 0.4) is 0 Å². The molecule has 0 N–H and O–H groups in total. The Morgan fingerprint density at radius 3 is 2.38 bits per heavy atom. The molecule has 0 bridgehead atoms. The maximum Gasteiger partial charge on any atom is 0.256 e. The zero-order valence-electron chi connectivity index (χ0n) is 17.1. The summed E-state index contributed by atoms with van der Waals surface area (Å²) in [4.78, 5) is 18.9. The van der Waals surface area contributed by atoms with Crippen LogP contribution in [0.1, 0.15) is 40.7 Å². The summed E-state index contributed by atoms with van der Waals surface area (Å²) in [5.74, 6) is -0.193. The predicted octanol–water partition coefficient (Wildman–Crippen LogP) is 5.16. The van der Waals surface area contributed by atoms with Gasteiger partial charge in [-0.15, -0.1) is 0 Å². The molecule has 2 aromatic rings. The van der Waals surface area contributed by atoms with Gasteiger partial charge >= 0.3 is 0 Å². The molecule has 1 aliphatic heterocycles. The Balaban J connectivity index is 1.33. The fourth-order valence-corrected chi connectivity index (χ4v) is 4.88. The van der Waals surface area contributed by atoms with Gasteiger partial charge in [-0.2, -0.15) is 0 Å². The van der Waals surface area contributed by atoms with Gasteiger partial charge in [0.05, 0.1) is 5.56 Å². The van der Waals surface area contributed by atoms with Crippen molar-refractivity contribution in [2.75, 3.05) is 20.1 Å². The van der Waals surface area contributed by atoms with Crippen LogP contribution in [0.25, 0.3) is 5.57 Å². The third-order valence-corrected chi connectivity index (χ3v) is 6.48. The molecule has 0 unspecified atom stereocenters. The van der Waals surface area contributed by atoms with Gasteiger partial charge in [0.1, 0.15) is 5.82 Å². The minimum Gasteiger partial charge on any atom is -0.337 e. The van der Waals surface area contributed by atoms with Crippen LogP contribution >= 0.6 is 0 Å². The van der Waals surface area contributed by atoms with E-state index in [4.69, 9.17) is 0 Å². The average Bonchev–Trinajstić information content (AvgIpc) is 2.65. The first kappa shape index (κ1) is 19.6. The molecule has 1 heterocycles. The molecule has 4 rings (SSSR count). The average molecular weight is 391 g/mol. The Morgan fingerprint density at radius 2 is 1.76 bits per heavy atom. The molecule has 1 saturated heterocycles. The van der Waals surface area contributed by atoms with Crippen molar-refractivity contribution in [3.8, 4) is 0 Å². The van der Waals surface area contributed by atoms with Gasteiger partial charge in [-0.3, -0.25) is 9.79 Å². The van der Waals surface area contributed by atoms with E-state index < -0.39 is 5.82 Å². The van der Waals surface area contributed by atoms with Crippen molar-refractivity contribution in [3.05, 3.63) is 77.6 Å². The molecule has 0 aromatic heterocycles. The first-order valence-corrected chi connectivity index (χ1v) is 10.2. The highest BCUT2D eigenvalue weighted by molar-refractivity contribution is 5.97. The third kappa shape index (κ3) is 3.64. The summed E-state index contributed by atoms with van der Waals surface area (Å²) in [6.07, 6.45) is 2.88. The molecule has 2 aromatic carbocycles. The van der Waals surface area contributed by atoms with Crippen LogP contribution in [0, 0.1) is 24.1 Å². The molecular weight excluding hydrogens is 363 g/mol. The van der Waals surface area contributed by atoms with E-state index in [1.165, 1.54) is 22.9 Å². The summed E-state index contributed by atoms with van der Waals surface area (Å²) in [6, 6.07) is 14.5. The van der Waals surface area contributed by atoms with E-state index in [0.717, 1.165) is 24.8 Å². The van der Waals surface area contributed by atoms with E-state index in [9.17, 15) is 9.18 Å². The van der Waals surface area contributed by atoms with E-state index in [1.54, 1.807) is 23.1 Å². The summed E-state index contributed by atoms with van der Waals surface area (Å²) in [5.41, 5.74) is 5.10. The van der Waals surface area contributed by atoms with Crippen LogP contribution in [-0.2, 0) is 0 Å². The van der Waals surface area contributed by atoms with Crippen LogP contribution in [0.5, 0.6) is 0 Å². The van der Waals surface area contributed by atoms with Crippen molar-refractivity contribution in [1.29, 1.82) is 0 Å². The van der Waals surface area contributed by atoms with Crippen molar-refractivity contribution in [3.63, 3.8) is 0 Å². The minimum atomic E-state index is -0.444. The molecule has 2 aliphatic rings. The van der Waals surface area contributed by atoms with E-state index in [-0.39, 0.29) is 16.9 Å². The number of hydrogen-bond donors (Lipinski definition) is 0. The lowest BCUT2D eigenvalue weighted by Gasteiger charge is -2.59. The van der Waals surface area contributed by atoms with Crippen LogP contribution in [0.2, 0.25) is 0 Å². The lowest BCUT2D eigenvalue weighted by atomic mass is 9.56. The maximum atomic E-state index is 13.9. The molecule has 0 atom stereocenters. The van der Waals surface area contributed by atoms with Crippen LogP contribution < -0.4 is 0 Å². The Kier molecular flexibility index (Phi) is 5.12. The zero-order valence-corrected chi connectivity index (χ0v) is 17.1. The SMILES string of the molecule is C=C(CC(=NC)C1CC2(C1)CN(C(=O)c1ccccc1F)C2)c1ccccc1C. The monoisotopic (exact) mass is 390 g/mol. The molecule has 1 aliphatic carbocycles. The molecule has 4 heteroatoms.